The van der Waals surface area contributed by atoms with E-state index in [1.54, 1.807) is 12.1 Å². The molecule has 1 aliphatic carbocycles. The van der Waals surface area contributed by atoms with E-state index in [0.717, 1.165) is 17.2 Å². The number of aliphatic hydroxyl groups is 1. The number of aliphatic hydroxyl groups excluding tert-OH is 1. The van der Waals surface area contributed by atoms with Crippen LogP contribution in [-0.4, -0.2) is 23.2 Å². The summed E-state index contributed by atoms with van der Waals surface area (Å²) in [6.45, 7) is 0.364. The van der Waals surface area contributed by atoms with Gasteiger partial charge in [-0.05, 0) is 48.0 Å². The lowest BCUT2D eigenvalue weighted by Crippen LogP contribution is -2.30. The van der Waals surface area contributed by atoms with Crippen LogP contribution < -0.4 is 0 Å². The van der Waals surface area contributed by atoms with Crippen LogP contribution in [0.2, 0.25) is 10.0 Å². The first-order valence-electron chi connectivity index (χ1n) is 7.17. The second kappa shape index (κ2) is 6.36. The van der Waals surface area contributed by atoms with Gasteiger partial charge in [0.25, 0.3) is 0 Å². The highest BCUT2D eigenvalue weighted by atomic mass is 35.5. The molecular formula is C17H15Cl2F2NO. The zero-order valence-corrected chi connectivity index (χ0v) is 13.9. The van der Waals surface area contributed by atoms with Crippen LogP contribution in [0.25, 0.3) is 0 Å². The van der Waals surface area contributed by atoms with E-state index in [1.807, 2.05) is 11.9 Å². The molecule has 0 bridgehead atoms. The van der Waals surface area contributed by atoms with Gasteiger partial charge in [0.15, 0.2) is 11.6 Å². The number of fused-ring (bicyclic) bond motifs is 1. The van der Waals surface area contributed by atoms with Crippen molar-refractivity contribution in [3.63, 3.8) is 0 Å². The second-order valence-corrected chi connectivity index (χ2v) is 6.68. The molecule has 23 heavy (non-hydrogen) atoms. The van der Waals surface area contributed by atoms with E-state index in [1.165, 1.54) is 12.1 Å². The van der Waals surface area contributed by atoms with Crippen LogP contribution >= 0.6 is 23.2 Å². The van der Waals surface area contributed by atoms with E-state index >= 15 is 0 Å². The summed E-state index contributed by atoms with van der Waals surface area (Å²) in [5.74, 6) is -1.75. The zero-order chi connectivity index (χ0) is 16.7. The van der Waals surface area contributed by atoms with Gasteiger partial charge in [-0.2, -0.15) is 0 Å². The van der Waals surface area contributed by atoms with E-state index < -0.39 is 17.7 Å². The van der Waals surface area contributed by atoms with Gasteiger partial charge in [-0.1, -0.05) is 29.3 Å². The summed E-state index contributed by atoms with van der Waals surface area (Å²) in [6.07, 6.45) is -0.186. The molecule has 0 saturated heterocycles. The third-order valence-electron chi connectivity index (χ3n) is 4.18. The van der Waals surface area contributed by atoms with Crippen LogP contribution in [0, 0.1) is 11.6 Å². The number of halogens is 4. The van der Waals surface area contributed by atoms with Crippen molar-refractivity contribution in [3.05, 3.63) is 68.7 Å². The topological polar surface area (TPSA) is 23.5 Å². The highest BCUT2D eigenvalue weighted by Crippen LogP contribution is 2.41. The van der Waals surface area contributed by atoms with Gasteiger partial charge in [0.05, 0.1) is 12.1 Å². The molecule has 1 N–H and O–H groups in total. The lowest BCUT2D eigenvalue weighted by atomic mass is 10.1. The Labute approximate surface area is 143 Å². The van der Waals surface area contributed by atoms with Crippen LogP contribution in [0.5, 0.6) is 0 Å². The Morgan fingerprint density at radius 1 is 1.17 bits per heavy atom. The fourth-order valence-corrected chi connectivity index (χ4v) is 3.77. The fourth-order valence-electron chi connectivity index (χ4n) is 3.19. The van der Waals surface area contributed by atoms with E-state index in [-0.39, 0.29) is 6.04 Å². The molecule has 122 valence electrons. The molecule has 0 spiro atoms. The highest BCUT2D eigenvalue weighted by molar-refractivity contribution is 6.35. The maximum atomic E-state index is 13.4. The molecule has 3 rings (SSSR count). The van der Waals surface area contributed by atoms with Crippen molar-refractivity contribution in [3.8, 4) is 0 Å². The Kier molecular flexibility index (Phi) is 4.61. The molecule has 1 aliphatic rings. The average molecular weight is 358 g/mol. The molecular weight excluding hydrogens is 343 g/mol. The molecule has 2 unspecified atom stereocenters. The molecule has 0 heterocycles. The molecule has 0 aliphatic heterocycles. The number of nitrogens with zero attached hydrogens (tertiary/aromatic N) is 1. The average Bonchev–Trinajstić information content (AvgIpc) is 2.79. The Balaban J connectivity index is 1.88. The van der Waals surface area contributed by atoms with Crippen LogP contribution in [0.3, 0.4) is 0 Å². The molecule has 2 atom stereocenters. The minimum atomic E-state index is -0.880. The molecule has 2 aromatic carbocycles. The summed E-state index contributed by atoms with van der Waals surface area (Å²) >= 11 is 12.3. The zero-order valence-electron chi connectivity index (χ0n) is 12.4. The van der Waals surface area contributed by atoms with Gasteiger partial charge in [-0.15, -0.1) is 0 Å². The van der Waals surface area contributed by atoms with Gasteiger partial charge in [-0.25, -0.2) is 8.78 Å². The summed E-state index contributed by atoms with van der Waals surface area (Å²) in [7, 11) is 1.82. The lowest BCUT2D eigenvalue weighted by molar-refractivity contribution is 0.0724. The Morgan fingerprint density at radius 2 is 1.91 bits per heavy atom. The van der Waals surface area contributed by atoms with Crippen LogP contribution in [0.1, 0.15) is 22.7 Å². The van der Waals surface area contributed by atoms with Gasteiger partial charge in [0.2, 0.25) is 0 Å². The SMILES string of the molecule is CN(Cc1ccc(F)c(F)c1)C1c2cc(Cl)cc(Cl)c2CC1O. The third kappa shape index (κ3) is 3.22. The summed E-state index contributed by atoms with van der Waals surface area (Å²) in [6, 6.07) is 6.96. The monoisotopic (exact) mass is 357 g/mol. The molecule has 0 fully saturated rings. The van der Waals surface area contributed by atoms with Gasteiger partial charge in [0.1, 0.15) is 0 Å². The van der Waals surface area contributed by atoms with Crippen molar-refractivity contribution < 1.29 is 13.9 Å². The predicted octanol–water partition coefficient (Wildman–Crippen LogP) is 4.36. The number of hydrogen-bond acceptors (Lipinski definition) is 2. The van der Waals surface area contributed by atoms with E-state index in [9.17, 15) is 13.9 Å². The van der Waals surface area contributed by atoms with Crippen molar-refractivity contribution in [1.29, 1.82) is 0 Å². The minimum Gasteiger partial charge on any atom is -0.391 e. The summed E-state index contributed by atoms with van der Waals surface area (Å²) in [4.78, 5) is 1.88. The predicted molar refractivity (Wildman–Crippen MR) is 86.7 cm³/mol. The third-order valence-corrected chi connectivity index (χ3v) is 4.74. The largest absolute Gasteiger partial charge is 0.391 e. The second-order valence-electron chi connectivity index (χ2n) is 5.84. The van der Waals surface area contributed by atoms with Crippen LogP contribution in [-0.2, 0) is 13.0 Å². The van der Waals surface area contributed by atoms with Gasteiger partial charge >= 0.3 is 0 Å². The molecule has 0 radical (unpaired) electrons. The quantitative estimate of drug-likeness (QED) is 0.881. The van der Waals surface area contributed by atoms with E-state index in [2.05, 4.69) is 0 Å². The summed E-state index contributed by atoms with van der Waals surface area (Å²) in [5.41, 5.74) is 2.38. The first kappa shape index (κ1) is 16.7. The number of rotatable bonds is 3. The number of likely N-dealkylation sites (N-methyl/N-ethyl adjacent to an activating group) is 1. The Hall–Kier alpha value is -1.20. The normalized spacial score (nSPS) is 20.1. The maximum absolute atomic E-state index is 13.4. The minimum absolute atomic E-state index is 0.297. The van der Waals surface area contributed by atoms with E-state index in [4.69, 9.17) is 23.2 Å². The summed E-state index contributed by atoms with van der Waals surface area (Å²) in [5, 5.41) is 11.4. The van der Waals surface area contributed by atoms with Gasteiger partial charge < -0.3 is 5.11 Å². The Morgan fingerprint density at radius 3 is 2.61 bits per heavy atom. The molecule has 0 amide bonds. The summed E-state index contributed by atoms with van der Waals surface area (Å²) < 4.78 is 26.4. The highest BCUT2D eigenvalue weighted by Gasteiger charge is 2.35. The van der Waals surface area contributed by atoms with Crippen molar-refractivity contribution in [1.82, 2.24) is 4.90 Å². The fraction of sp³-hybridized carbons (Fsp3) is 0.294. The van der Waals surface area contributed by atoms with Crippen molar-refractivity contribution in [2.24, 2.45) is 0 Å². The first-order chi connectivity index (χ1) is 10.9. The molecule has 0 saturated carbocycles. The first-order valence-corrected chi connectivity index (χ1v) is 7.92. The van der Waals surface area contributed by atoms with Crippen LogP contribution in [0.15, 0.2) is 30.3 Å². The van der Waals surface area contributed by atoms with Crippen molar-refractivity contribution in [2.45, 2.75) is 25.1 Å². The van der Waals surface area contributed by atoms with E-state index in [0.29, 0.717) is 28.6 Å². The maximum Gasteiger partial charge on any atom is 0.159 e. The standard InChI is InChI=1S/C17H15Cl2F2NO/c1-22(8-9-2-3-14(20)15(21)4-9)17-12-5-10(18)6-13(19)11(12)7-16(17)23/h2-6,16-17,23H,7-8H2,1H3. The van der Waals surface area contributed by atoms with Gasteiger partial charge in [0, 0.05) is 23.0 Å². The number of benzene rings is 2. The van der Waals surface area contributed by atoms with Gasteiger partial charge in [-0.3, -0.25) is 4.90 Å². The smallest absolute Gasteiger partial charge is 0.159 e. The number of hydrogen-bond donors (Lipinski definition) is 1. The molecule has 2 aromatic rings. The molecule has 0 aromatic heterocycles. The Bertz CT molecular complexity index is 754. The molecule has 2 nitrogen and oxygen atoms in total. The van der Waals surface area contributed by atoms with Crippen LogP contribution in [0.4, 0.5) is 8.78 Å². The van der Waals surface area contributed by atoms with Crippen molar-refractivity contribution in [2.75, 3.05) is 7.05 Å². The van der Waals surface area contributed by atoms with Crippen molar-refractivity contribution >= 4 is 23.2 Å². The lowest BCUT2D eigenvalue weighted by Gasteiger charge is -2.28. The molecule has 6 heteroatoms.